The first-order valence-electron chi connectivity index (χ1n) is 9.81. The van der Waals surface area contributed by atoms with E-state index in [9.17, 15) is 19.7 Å². The molecule has 1 unspecified atom stereocenters. The number of hydrogen-bond donors (Lipinski definition) is 0. The second-order valence-corrected chi connectivity index (χ2v) is 7.14. The Morgan fingerprint density at radius 3 is 2.28 bits per heavy atom. The monoisotopic (exact) mass is 396 g/mol. The summed E-state index contributed by atoms with van der Waals surface area (Å²) in [6, 6.07) is 12.9. The lowest BCUT2D eigenvalue weighted by molar-refractivity contribution is -0.384. The van der Waals surface area contributed by atoms with E-state index in [0.717, 1.165) is 38.8 Å². The number of Topliss-reactive ketones (excluding diaryl/α,β-unsaturated/α-hetero) is 1. The van der Waals surface area contributed by atoms with Crippen LogP contribution in [0.25, 0.3) is 0 Å². The van der Waals surface area contributed by atoms with E-state index < -0.39 is 17.0 Å². The summed E-state index contributed by atoms with van der Waals surface area (Å²) in [6.07, 6.45) is 3.21. The number of nitrogens with zero attached hydrogens (tertiary/aromatic N) is 2. The number of rotatable bonds is 6. The number of nitro groups is 1. The Hall–Kier alpha value is -3.22. The molecule has 2 aromatic carbocycles. The second-order valence-electron chi connectivity index (χ2n) is 7.14. The van der Waals surface area contributed by atoms with Gasteiger partial charge in [0.05, 0.1) is 10.5 Å². The summed E-state index contributed by atoms with van der Waals surface area (Å²) >= 11 is 0. The molecule has 0 spiro atoms. The summed E-state index contributed by atoms with van der Waals surface area (Å²) in [4.78, 5) is 38.0. The van der Waals surface area contributed by atoms with Gasteiger partial charge >= 0.3 is 5.97 Å². The second kappa shape index (κ2) is 9.32. The third-order valence-corrected chi connectivity index (χ3v) is 5.07. The number of hydrogen-bond acceptors (Lipinski definition) is 6. The molecule has 1 aliphatic heterocycles. The van der Waals surface area contributed by atoms with Gasteiger partial charge in [0.1, 0.15) is 5.69 Å². The molecule has 0 amide bonds. The Balaban J connectivity index is 1.77. The summed E-state index contributed by atoms with van der Waals surface area (Å²) in [5.41, 5.74) is 0.892. The van der Waals surface area contributed by atoms with Gasteiger partial charge in [-0.15, -0.1) is 0 Å². The fourth-order valence-electron chi connectivity index (χ4n) is 3.49. The van der Waals surface area contributed by atoms with Crippen LogP contribution < -0.4 is 4.90 Å². The number of ether oxygens (including phenoxy) is 1. The summed E-state index contributed by atoms with van der Waals surface area (Å²) in [7, 11) is 0. The van der Waals surface area contributed by atoms with E-state index >= 15 is 0 Å². The van der Waals surface area contributed by atoms with E-state index in [0.29, 0.717) is 11.3 Å². The summed E-state index contributed by atoms with van der Waals surface area (Å²) in [5.74, 6) is -1.08. The summed E-state index contributed by atoms with van der Waals surface area (Å²) < 4.78 is 5.27. The standard InChI is InChI=1S/C22H24N2O5/c1-16(21(25)17-9-5-4-6-10-17)29-22(26)18-11-12-19(20(15-18)24(27)28)23-13-7-2-3-8-14-23/h4-6,9-12,15-16H,2-3,7-8,13-14H2,1H3. The van der Waals surface area contributed by atoms with Crippen molar-refractivity contribution in [3.8, 4) is 0 Å². The van der Waals surface area contributed by atoms with Gasteiger partial charge in [-0.2, -0.15) is 0 Å². The minimum atomic E-state index is -0.991. The van der Waals surface area contributed by atoms with Crippen LogP contribution in [0.15, 0.2) is 48.5 Å². The van der Waals surface area contributed by atoms with Gasteiger partial charge in [-0.1, -0.05) is 43.2 Å². The molecule has 3 rings (SSSR count). The molecule has 0 N–H and O–H groups in total. The van der Waals surface area contributed by atoms with Crippen molar-refractivity contribution in [2.45, 2.75) is 38.7 Å². The minimum absolute atomic E-state index is 0.0583. The third kappa shape index (κ3) is 4.99. The van der Waals surface area contributed by atoms with Gasteiger partial charge in [0.15, 0.2) is 6.10 Å². The van der Waals surface area contributed by atoms with E-state index in [4.69, 9.17) is 4.74 Å². The number of carbonyl (C=O) groups excluding carboxylic acids is 2. The number of carbonyl (C=O) groups is 2. The van der Waals surface area contributed by atoms with Gasteiger partial charge in [0.25, 0.3) is 5.69 Å². The van der Waals surface area contributed by atoms with Crippen LogP contribution >= 0.6 is 0 Å². The highest BCUT2D eigenvalue weighted by Gasteiger charge is 2.25. The predicted molar refractivity (Wildman–Crippen MR) is 109 cm³/mol. The van der Waals surface area contributed by atoms with Crippen molar-refractivity contribution in [1.82, 2.24) is 0 Å². The highest BCUT2D eigenvalue weighted by atomic mass is 16.6. The first kappa shape index (κ1) is 20.5. The van der Waals surface area contributed by atoms with E-state index in [1.165, 1.54) is 19.1 Å². The number of benzene rings is 2. The number of nitro benzene ring substituents is 1. The zero-order valence-corrected chi connectivity index (χ0v) is 16.4. The molecule has 0 aliphatic carbocycles. The van der Waals surface area contributed by atoms with E-state index in [1.807, 2.05) is 4.90 Å². The van der Waals surface area contributed by atoms with Gasteiger partial charge in [-0.3, -0.25) is 14.9 Å². The zero-order valence-electron chi connectivity index (χ0n) is 16.4. The molecule has 29 heavy (non-hydrogen) atoms. The van der Waals surface area contributed by atoms with Crippen molar-refractivity contribution >= 4 is 23.1 Å². The van der Waals surface area contributed by atoms with Crippen molar-refractivity contribution in [2.24, 2.45) is 0 Å². The highest BCUT2D eigenvalue weighted by molar-refractivity contribution is 6.01. The van der Waals surface area contributed by atoms with Crippen molar-refractivity contribution in [3.05, 3.63) is 69.8 Å². The molecule has 2 aromatic rings. The number of ketones is 1. The molecule has 1 heterocycles. The van der Waals surface area contributed by atoms with Crippen LogP contribution in [0.4, 0.5) is 11.4 Å². The maximum atomic E-state index is 12.5. The smallest absolute Gasteiger partial charge is 0.339 e. The van der Waals surface area contributed by atoms with Crippen LogP contribution in [0.2, 0.25) is 0 Å². The first-order valence-corrected chi connectivity index (χ1v) is 9.81. The Morgan fingerprint density at radius 2 is 1.66 bits per heavy atom. The Bertz CT molecular complexity index is 889. The van der Waals surface area contributed by atoms with Gasteiger partial charge in [0.2, 0.25) is 5.78 Å². The quantitative estimate of drug-likeness (QED) is 0.311. The molecule has 1 atom stereocenters. The fourth-order valence-corrected chi connectivity index (χ4v) is 3.49. The maximum absolute atomic E-state index is 12.5. The SMILES string of the molecule is CC(OC(=O)c1ccc(N2CCCCCC2)c([N+](=O)[O-])c1)C(=O)c1ccccc1. The molecule has 152 valence electrons. The van der Waals surface area contributed by atoms with Crippen LogP contribution in [0.3, 0.4) is 0 Å². The van der Waals surface area contributed by atoms with Crippen molar-refractivity contribution in [2.75, 3.05) is 18.0 Å². The molecule has 1 fully saturated rings. The first-order chi connectivity index (χ1) is 14.0. The van der Waals surface area contributed by atoms with Gasteiger partial charge in [-0.05, 0) is 31.9 Å². The van der Waals surface area contributed by atoms with Crippen molar-refractivity contribution in [3.63, 3.8) is 0 Å². The van der Waals surface area contributed by atoms with Crippen LogP contribution in [0.1, 0.15) is 53.3 Å². The van der Waals surface area contributed by atoms with Crippen LogP contribution in [0, 0.1) is 10.1 Å². The third-order valence-electron chi connectivity index (χ3n) is 5.07. The van der Waals surface area contributed by atoms with Crippen molar-refractivity contribution < 1.29 is 19.2 Å². The van der Waals surface area contributed by atoms with Gasteiger partial charge in [-0.25, -0.2) is 4.79 Å². The predicted octanol–water partition coefficient (Wildman–Crippen LogP) is 4.40. The molecular weight excluding hydrogens is 372 g/mol. The normalized spacial score (nSPS) is 15.3. The molecule has 1 aliphatic rings. The minimum Gasteiger partial charge on any atom is -0.451 e. The molecule has 7 heteroatoms. The summed E-state index contributed by atoms with van der Waals surface area (Å²) in [5, 5.41) is 11.6. The highest BCUT2D eigenvalue weighted by Crippen LogP contribution is 2.31. The Morgan fingerprint density at radius 1 is 1.00 bits per heavy atom. The fraction of sp³-hybridized carbons (Fsp3) is 0.364. The van der Waals surface area contributed by atoms with Crippen LogP contribution in [-0.2, 0) is 4.74 Å². The van der Waals surface area contributed by atoms with E-state index in [-0.39, 0.29) is 17.0 Å². The Labute approximate surface area is 169 Å². The molecule has 1 saturated heterocycles. The molecule has 7 nitrogen and oxygen atoms in total. The lowest BCUT2D eigenvalue weighted by Crippen LogP contribution is -2.26. The lowest BCUT2D eigenvalue weighted by Gasteiger charge is -2.22. The topological polar surface area (TPSA) is 89.8 Å². The molecule has 0 bridgehead atoms. The van der Waals surface area contributed by atoms with E-state index in [1.54, 1.807) is 36.4 Å². The maximum Gasteiger partial charge on any atom is 0.339 e. The molecule has 0 aromatic heterocycles. The lowest BCUT2D eigenvalue weighted by atomic mass is 10.1. The molecule has 0 radical (unpaired) electrons. The van der Waals surface area contributed by atoms with Gasteiger partial charge in [0, 0.05) is 24.7 Å². The number of esters is 1. The number of anilines is 1. The van der Waals surface area contributed by atoms with Crippen LogP contribution in [-0.4, -0.2) is 35.9 Å². The summed E-state index contributed by atoms with van der Waals surface area (Å²) in [6.45, 7) is 3.01. The zero-order chi connectivity index (χ0) is 20.8. The largest absolute Gasteiger partial charge is 0.451 e. The van der Waals surface area contributed by atoms with E-state index in [2.05, 4.69) is 0 Å². The molecule has 0 saturated carbocycles. The average molecular weight is 396 g/mol. The van der Waals surface area contributed by atoms with Crippen molar-refractivity contribution in [1.29, 1.82) is 0 Å². The van der Waals surface area contributed by atoms with Gasteiger partial charge < -0.3 is 9.64 Å². The molecular formula is C22H24N2O5. The average Bonchev–Trinajstić information content (AvgIpc) is 3.02. The van der Waals surface area contributed by atoms with Crippen LogP contribution in [0.5, 0.6) is 0 Å². The Kier molecular flexibility index (Phi) is 6.59.